The maximum absolute atomic E-state index is 3.55. The fourth-order valence-corrected chi connectivity index (χ4v) is 4.05. The number of rotatable bonds is 2. The van der Waals surface area contributed by atoms with Gasteiger partial charge >= 0.3 is 0 Å². The van der Waals surface area contributed by atoms with Crippen molar-refractivity contribution >= 4 is 11.3 Å². The van der Waals surface area contributed by atoms with Crippen LogP contribution in [0.5, 0.6) is 0 Å². The molecule has 2 saturated heterocycles. The van der Waals surface area contributed by atoms with Crippen molar-refractivity contribution in [3.8, 4) is 0 Å². The lowest BCUT2D eigenvalue weighted by molar-refractivity contribution is 0.119. The lowest BCUT2D eigenvalue weighted by Gasteiger charge is -2.36. The lowest BCUT2D eigenvalue weighted by Crippen LogP contribution is -2.44. The van der Waals surface area contributed by atoms with Gasteiger partial charge in [0.2, 0.25) is 0 Å². The second kappa shape index (κ2) is 4.47. The molecule has 0 bridgehead atoms. The first-order valence-corrected chi connectivity index (χ1v) is 7.14. The number of nitrogens with zero attached hydrogens (tertiary/aromatic N) is 1. The van der Waals surface area contributed by atoms with Gasteiger partial charge < -0.3 is 5.32 Å². The quantitative estimate of drug-likeness (QED) is 0.847. The zero-order valence-electron chi connectivity index (χ0n) is 9.91. The van der Waals surface area contributed by atoms with Gasteiger partial charge in [0.1, 0.15) is 0 Å². The first kappa shape index (κ1) is 10.8. The van der Waals surface area contributed by atoms with Crippen molar-refractivity contribution in [1.82, 2.24) is 10.2 Å². The van der Waals surface area contributed by atoms with Crippen LogP contribution in [-0.2, 0) is 6.54 Å². The van der Waals surface area contributed by atoms with Crippen molar-refractivity contribution < 1.29 is 0 Å². The molecule has 2 atom stereocenters. The summed E-state index contributed by atoms with van der Waals surface area (Å²) in [4.78, 5) is 5.66. The highest BCUT2D eigenvalue weighted by molar-refractivity contribution is 7.11. The number of thiophene rings is 1. The average Bonchev–Trinajstić information content (AvgIpc) is 2.87. The van der Waals surface area contributed by atoms with Gasteiger partial charge in [-0.2, -0.15) is 0 Å². The van der Waals surface area contributed by atoms with Crippen molar-refractivity contribution in [2.75, 3.05) is 19.6 Å². The molecule has 0 amide bonds. The Morgan fingerprint density at radius 3 is 3.19 bits per heavy atom. The molecule has 0 aromatic carbocycles. The predicted molar refractivity (Wildman–Crippen MR) is 68.8 cm³/mol. The van der Waals surface area contributed by atoms with Crippen LogP contribution in [0.15, 0.2) is 12.1 Å². The van der Waals surface area contributed by atoms with E-state index < -0.39 is 0 Å². The third-order valence-electron chi connectivity index (χ3n) is 3.95. The van der Waals surface area contributed by atoms with Gasteiger partial charge in [-0.25, -0.2) is 0 Å². The van der Waals surface area contributed by atoms with Crippen LogP contribution in [0.25, 0.3) is 0 Å². The highest BCUT2D eigenvalue weighted by Gasteiger charge is 2.34. The van der Waals surface area contributed by atoms with Gasteiger partial charge in [0.25, 0.3) is 0 Å². The summed E-state index contributed by atoms with van der Waals surface area (Å²) in [7, 11) is 0. The molecule has 3 rings (SSSR count). The molecule has 1 aromatic rings. The van der Waals surface area contributed by atoms with E-state index in [1.54, 1.807) is 0 Å². The minimum Gasteiger partial charge on any atom is -0.315 e. The Balaban J connectivity index is 1.69. The van der Waals surface area contributed by atoms with Crippen LogP contribution in [0.4, 0.5) is 0 Å². The molecule has 1 aromatic heterocycles. The number of nitrogens with one attached hydrogen (secondary N) is 1. The Kier molecular flexibility index (Phi) is 3.01. The van der Waals surface area contributed by atoms with Gasteiger partial charge in [0.15, 0.2) is 0 Å². The molecule has 88 valence electrons. The number of piperidine rings is 1. The highest BCUT2D eigenvalue weighted by Crippen LogP contribution is 2.28. The van der Waals surface area contributed by atoms with E-state index in [1.165, 1.54) is 48.8 Å². The van der Waals surface area contributed by atoms with Crippen LogP contribution in [0, 0.1) is 12.8 Å². The summed E-state index contributed by atoms with van der Waals surface area (Å²) in [5, 5.41) is 3.55. The molecule has 0 aliphatic carbocycles. The lowest BCUT2D eigenvalue weighted by atomic mass is 9.92. The van der Waals surface area contributed by atoms with E-state index in [4.69, 9.17) is 0 Å². The van der Waals surface area contributed by atoms with Crippen LogP contribution in [-0.4, -0.2) is 30.6 Å². The van der Waals surface area contributed by atoms with E-state index in [9.17, 15) is 0 Å². The van der Waals surface area contributed by atoms with Gasteiger partial charge in [-0.1, -0.05) is 0 Å². The topological polar surface area (TPSA) is 15.3 Å². The molecular weight excluding hydrogens is 216 g/mol. The second-order valence-electron chi connectivity index (χ2n) is 5.11. The number of hydrogen-bond acceptors (Lipinski definition) is 3. The fraction of sp³-hybridized carbons (Fsp3) is 0.692. The second-order valence-corrected chi connectivity index (χ2v) is 6.48. The summed E-state index contributed by atoms with van der Waals surface area (Å²) in [6.07, 6.45) is 2.81. The Morgan fingerprint density at radius 1 is 1.44 bits per heavy atom. The minimum atomic E-state index is 0.802. The molecule has 0 radical (unpaired) electrons. The minimum absolute atomic E-state index is 0.802. The van der Waals surface area contributed by atoms with Gasteiger partial charge in [0, 0.05) is 28.9 Å². The van der Waals surface area contributed by atoms with Gasteiger partial charge in [0.05, 0.1) is 0 Å². The van der Waals surface area contributed by atoms with Gasteiger partial charge in [-0.15, -0.1) is 11.3 Å². The van der Waals surface area contributed by atoms with E-state index in [0.29, 0.717) is 0 Å². The van der Waals surface area contributed by atoms with Gasteiger partial charge in [-0.05, 0) is 50.9 Å². The summed E-state index contributed by atoms with van der Waals surface area (Å²) in [6, 6.07) is 5.34. The van der Waals surface area contributed by atoms with E-state index in [1.807, 2.05) is 11.3 Å². The van der Waals surface area contributed by atoms with Crippen LogP contribution < -0.4 is 5.32 Å². The highest BCUT2D eigenvalue weighted by atomic mass is 32.1. The average molecular weight is 236 g/mol. The van der Waals surface area contributed by atoms with Crippen LogP contribution >= 0.6 is 11.3 Å². The van der Waals surface area contributed by atoms with Crippen molar-refractivity contribution in [3.05, 3.63) is 21.9 Å². The molecule has 2 nitrogen and oxygen atoms in total. The predicted octanol–water partition coefficient (Wildman–Crippen LogP) is 2.24. The molecule has 2 fully saturated rings. The van der Waals surface area contributed by atoms with Crippen molar-refractivity contribution in [2.24, 2.45) is 5.92 Å². The number of aryl methyl sites for hydroxylation is 1. The summed E-state index contributed by atoms with van der Waals surface area (Å²) in [5.41, 5.74) is 0. The third-order valence-corrected chi connectivity index (χ3v) is 4.93. The van der Waals surface area contributed by atoms with Crippen LogP contribution in [0.2, 0.25) is 0 Å². The molecule has 2 aliphatic rings. The molecule has 0 spiro atoms. The standard InChI is InChI=1S/C13H20N2S/c1-10-4-5-12(16-10)9-15-6-2-3-11-7-14-8-13(11)15/h4-5,11,13-14H,2-3,6-9H2,1H3. The summed E-state index contributed by atoms with van der Waals surface area (Å²) in [6.45, 7) is 7.10. The SMILES string of the molecule is Cc1ccc(CN2CCCC3CNCC32)s1. The van der Waals surface area contributed by atoms with Crippen LogP contribution in [0.1, 0.15) is 22.6 Å². The van der Waals surface area contributed by atoms with E-state index in [2.05, 4.69) is 29.3 Å². The zero-order valence-corrected chi connectivity index (χ0v) is 10.7. The Labute approximate surface area is 102 Å². The smallest absolute Gasteiger partial charge is 0.0331 e. The summed E-state index contributed by atoms with van der Waals surface area (Å²) in [5.74, 6) is 0.912. The fourth-order valence-electron chi connectivity index (χ4n) is 3.13. The first-order valence-electron chi connectivity index (χ1n) is 6.33. The largest absolute Gasteiger partial charge is 0.315 e. The van der Waals surface area contributed by atoms with Crippen LogP contribution in [0.3, 0.4) is 0 Å². The maximum Gasteiger partial charge on any atom is 0.0331 e. The van der Waals surface area contributed by atoms with E-state index in [-0.39, 0.29) is 0 Å². The molecular formula is C13H20N2S. The Bertz CT molecular complexity index is 361. The van der Waals surface area contributed by atoms with Gasteiger partial charge in [-0.3, -0.25) is 4.90 Å². The molecule has 0 saturated carbocycles. The molecule has 16 heavy (non-hydrogen) atoms. The van der Waals surface area contributed by atoms with Crippen molar-refractivity contribution in [2.45, 2.75) is 32.4 Å². The first-order chi connectivity index (χ1) is 7.83. The van der Waals surface area contributed by atoms with E-state index in [0.717, 1.165) is 12.0 Å². The molecule has 2 unspecified atom stereocenters. The van der Waals surface area contributed by atoms with E-state index >= 15 is 0 Å². The van der Waals surface area contributed by atoms with Crippen molar-refractivity contribution in [3.63, 3.8) is 0 Å². The maximum atomic E-state index is 3.55. The normalized spacial score (nSPS) is 30.6. The van der Waals surface area contributed by atoms with Crippen molar-refractivity contribution in [1.29, 1.82) is 0 Å². The summed E-state index contributed by atoms with van der Waals surface area (Å²) >= 11 is 1.95. The number of likely N-dealkylation sites (tertiary alicyclic amines) is 1. The third kappa shape index (κ3) is 2.04. The number of hydrogen-bond donors (Lipinski definition) is 1. The molecule has 3 heterocycles. The molecule has 2 aliphatic heterocycles. The summed E-state index contributed by atoms with van der Waals surface area (Å²) < 4.78 is 0. The molecule has 3 heteroatoms. The zero-order chi connectivity index (χ0) is 11.0. The molecule has 1 N–H and O–H groups in total. The monoisotopic (exact) mass is 236 g/mol. The Hall–Kier alpha value is -0.380. The Morgan fingerprint density at radius 2 is 2.38 bits per heavy atom. The number of fused-ring (bicyclic) bond motifs is 1.